The summed E-state index contributed by atoms with van der Waals surface area (Å²) in [5.41, 5.74) is 1.06. The van der Waals surface area contributed by atoms with E-state index in [4.69, 9.17) is 9.47 Å². The molecule has 2 aromatic rings. The molecular weight excluding hydrogens is 358 g/mol. The zero-order chi connectivity index (χ0) is 20.4. The van der Waals surface area contributed by atoms with Crippen LogP contribution < -0.4 is 14.8 Å². The van der Waals surface area contributed by atoms with Crippen molar-refractivity contribution in [3.8, 4) is 11.5 Å². The Morgan fingerprint density at radius 1 is 1.11 bits per heavy atom. The van der Waals surface area contributed by atoms with Gasteiger partial charge < -0.3 is 19.7 Å². The lowest BCUT2D eigenvalue weighted by Crippen LogP contribution is -2.38. The van der Waals surface area contributed by atoms with Gasteiger partial charge >= 0.3 is 5.97 Å². The van der Waals surface area contributed by atoms with E-state index in [1.54, 1.807) is 49.7 Å². The number of esters is 1. The molecule has 1 N–H and O–H groups in total. The van der Waals surface area contributed by atoms with E-state index in [9.17, 15) is 9.59 Å². The Hall–Kier alpha value is -2.93. The van der Waals surface area contributed by atoms with E-state index in [-0.39, 0.29) is 12.5 Å². The smallest absolute Gasteiger partial charge is 0.343 e. The third kappa shape index (κ3) is 6.35. The highest BCUT2D eigenvalue weighted by Gasteiger charge is 2.12. The van der Waals surface area contributed by atoms with Crippen molar-refractivity contribution in [1.82, 2.24) is 15.2 Å². The van der Waals surface area contributed by atoms with Crippen LogP contribution in [-0.2, 0) is 11.3 Å². The normalized spacial score (nSPS) is 10.4. The number of carbonyl (C=O) groups excluding carboxylic acids is 2. The maximum atomic E-state index is 12.3. The Kier molecular flexibility index (Phi) is 8.42. The maximum Gasteiger partial charge on any atom is 0.343 e. The highest BCUT2D eigenvalue weighted by atomic mass is 16.5. The molecule has 0 radical (unpaired) electrons. The van der Waals surface area contributed by atoms with Gasteiger partial charge in [0.15, 0.2) is 0 Å². The predicted octanol–water partition coefficient (Wildman–Crippen LogP) is 2.66. The van der Waals surface area contributed by atoms with E-state index in [2.05, 4.69) is 10.3 Å². The minimum absolute atomic E-state index is 0.0550. The van der Waals surface area contributed by atoms with Crippen molar-refractivity contribution in [2.24, 2.45) is 0 Å². The lowest BCUT2D eigenvalue weighted by Gasteiger charge is -2.20. The van der Waals surface area contributed by atoms with Crippen LogP contribution in [0.25, 0.3) is 0 Å². The van der Waals surface area contributed by atoms with Crippen molar-refractivity contribution >= 4 is 11.9 Å². The third-order valence-corrected chi connectivity index (χ3v) is 4.13. The minimum Gasteiger partial charge on any atom is -0.497 e. The van der Waals surface area contributed by atoms with Crippen LogP contribution in [0.4, 0.5) is 0 Å². The minimum atomic E-state index is -0.468. The number of rotatable bonds is 10. The number of aromatic nitrogens is 1. The molecule has 0 bridgehead atoms. The molecular formula is C21H27N3O4. The summed E-state index contributed by atoms with van der Waals surface area (Å²) in [6, 6.07) is 10.0. The number of methoxy groups -OCH3 is 1. The monoisotopic (exact) mass is 385 g/mol. The van der Waals surface area contributed by atoms with Gasteiger partial charge in [-0.25, -0.2) is 4.79 Å². The Bertz CT molecular complexity index is 777. The first-order chi connectivity index (χ1) is 13.6. The summed E-state index contributed by atoms with van der Waals surface area (Å²) in [7, 11) is 1.57. The topological polar surface area (TPSA) is 80.8 Å². The van der Waals surface area contributed by atoms with Crippen LogP contribution in [0.3, 0.4) is 0 Å². The maximum absolute atomic E-state index is 12.3. The predicted molar refractivity (Wildman–Crippen MR) is 106 cm³/mol. The van der Waals surface area contributed by atoms with Crippen LogP contribution in [0.2, 0.25) is 0 Å². The van der Waals surface area contributed by atoms with Crippen molar-refractivity contribution in [3.05, 3.63) is 53.9 Å². The van der Waals surface area contributed by atoms with E-state index in [0.29, 0.717) is 35.8 Å². The van der Waals surface area contributed by atoms with Gasteiger partial charge in [-0.2, -0.15) is 0 Å². The molecule has 0 aliphatic heterocycles. The second-order valence-corrected chi connectivity index (χ2v) is 6.18. The molecule has 0 saturated carbocycles. The van der Waals surface area contributed by atoms with Crippen molar-refractivity contribution in [2.45, 2.75) is 26.8 Å². The quantitative estimate of drug-likeness (QED) is 0.500. The Morgan fingerprint density at radius 2 is 1.82 bits per heavy atom. The fourth-order valence-electron chi connectivity index (χ4n) is 2.65. The van der Waals surface area contributed by atoms with Crippen molar-refractivity contribution in [3.63, 3.8) is 0 Å². The first-order valence-corrected chi connectivity index (χ1v) is 9.37. The number of hydrogen-bond acceptors (Lipinski definition) is 6. The molecule has 7 heteroatoms. The zero-order valence-corrected chi connectivity index (χ0v) is 16.6. The number of pyridine rings is 1. The van der Waals surface area contributed by atoms with E-state index in [1.165, 1.54) is 0 Å². The van der Waals surface area contributed by atoms with Gasteiger partial charge in [-0.3, -0.25) is 9.78 Å². The second kappa shape index (κ2) is 11.0. The molecule has 0 unspecified atom stereocenters. The number of likely N-dealkylation sites (N-methyl/N-ethyl adjacent to an activating group) is 1. The number of ether oxygens (including phenoxy) is 2. The molecule has 1 heterocycles. The molecule has 0 fully saturated rings. The number of benzene rings is 1. The number of hydrogen-bond donors (Lipinski definition) is 1. The second-order valence-electron chi connectivity index (χ2n) is 6.18. The van der Waals surface area contributed by atoms with E-state index in [0.717, 1.165) is 13.0 Å². The van der Waals surface area contributed by atoms with Gasteiger partial charge in [0, 0.05) is 25.8 Å². The number of carbonyl (C=O) groups is 2. The summed E-state index contributed by atoms with van der Waals surface area (Å²) in [5.74, 6) is 0.708. The Labute approximate surface area is 165 Å². The summed E-state index contributed by atoms with van der Waals surface area (Å²) >= 11 is 0. The first-order valence-electron chi connectivity index (χ1n) is 9.37. The highest BCUT2D eigenvalue weighted by Crippen LogP contribution is 2.18. The Morgan fingerprint density at radius 3 is 2.46 bits per heavy atom. The van der Waals surface area contributed by atoms with Crippen LogP contribution in [0.5, 0.6) is 11.5 Å². The SMILES string of the molecule is CCCN(CC)C(=O)CNCc1cc(C(=O)Oc2ccc(OC)cc2)ccn1. The average molecular weight is 385 g/mol. The average Bonchev–Trinajstić information content (AvgIpc) is 2.72. The summed E-state index contributed by atoms with van der Waals surface area (Å²) in [5, 5.41) is 3.08. The summed E-state index contributed by atoms with van der Waals surface area (Å²) in [6.07, 6.45) is 2.48. The summed E-state index contributed by atoms with van der Waals surface area (Å²) in [6.45, 7) is 6.08. The van der Waals surface area contributed by atoms with Crippen molar-refractivity contribution in [1.29, 1.82) is 0 Å². The molecule has 28 heavy (non-hydrogen) atoms. The van der Waals surface area contributed by atoms with Crippen LogP contribution in [0, 0.1) is 0 Å². The van der Waals surface area contributed by atoms with Crippen LogP contribution in [0.15, 0.2) is 42.6 Å². The lowest BCUT2D eigenvalue weighted by molar-refractivity contribution is -0.130. The summed E-state index contributed by atoms with van der Waals surface area (Å²) < 4.78 is 10.4. The zero-order valence-electron chi connectivity index (χ0n) is 16.6. The summed E-state index contributed by atoms with van der Waals surface area (Å²) in [4.78, 5) is 30.5. The lowest BCUT2D eigenvalue weighted by atomic mass is 10.2. The molecule has 0 aliphatic carbocycles. The van der Waals surface area contributed by atoms with E-state index < -0.39 is 5.97 Å². The number of amides is 1. The molecule has 0 spiro atoms. The van der Waals surface area contributed by atoms with Gasteiger partial charge in [0.25, 0.3) is 0 Å². The Balaban J connectivity index is 1.90. The molecule has 0 atom stereocenters. The van der Waals surface area contributed by atoms with Gasteiger partial charge in [-0.1, -0.05) is 6.92 Å². The number of nitrogens with one attached hydrogen (secondary N) is 1. The molecule has 7 nitrogen and oxygen atoms in total. The van der Waals surface area contributed by atoms with Crippen LogP contribution in [0.1, 0.15) is 36.3 Å². The molecule has 1 aromatic heterocycles. The first kappa shape index (κ1) is 21.4. The highest BCUT2D eigenvalue weighted by molar-refractivity contribution is 5.91. The molecule has 0 saturated heterocycles. The van der Waals surface area contributed by atoms with E-state index >= 15 is 0 Å². The van der Waals surface area contributed by atoms with Crippen LogP contribution >= 0.6 is 0 Å². The molecule has 1 aromatic carbocycles. The standard InChI is InChI=1S/C21H27N3O4/c1-4-12-24(5-2)20(25)15-22-14-17-13-16(10-11-23-17)21(26)28-19-8-6-18(27-3)7-9-19/h6-11,13,22H,4-5,12,14-15H2,1-3H3. The number of nitrogens with zero attached hydrogens (tertiary/aromatic N) is 2. The van der Waals surface area contributed by atoms with Crippen molar-refractivity contribution < 1.29 is 19.1 Å². The largest absolute Gasteiger partial charge is 0.497 e. The molecule has 150 valence electrons. The molecule has 1 amide bonds. The molecule has 0 aliphatic rings. The van der Waals surface area contributed by atoms with Gasteiger partial charge in [-0.15, -0.1) is 0 Å². The van der Waals surface area contributed by atoms with Gasteiger partial charge in [-0.05, 0) is 49.7 Å². The van der Waals surface area contributed by atoms with E-state index in [1.807, 2.05) is 18.7 Å². The fourth-order valence-corrected chi connectivity index (χ4v) is 2.65. The van der Waals surface area contributed by atoms with Gasteiger partial charge in [0.05, 0.1) is 24.9 Å². The fraction of sp³-hybridized carbons (Fsp3) is 0.381. The third-order valence-electron chi connectivity index (χ3n) is 4.13. The molecule has 2 rings (SSSR count). The van der Waals surface area contributed by atoms with Gasteiger partial charge in [0.1, 0.15) is 11.5 Å². The van der Waals surface area contributed by atoms with Crippen molar-refractivity contribution in [2.75, 3.05) is 26.7 Å². The van der Waals surface area contributed by atoms with Crippen LogP contribution in [-0.4, -0.2) is 48.5 Å². The van der Waals surface area contributed by atoms with Gasteiger partial charge in [0.2, 0.25) is 5.91 Å².